The van der Waals surface area contributed by atoms with E-state index in [0.29, 0.717) is 11.7 Å². The molecular weight excluding hydrogens is 188 g/mol. The Morgan fingerprint density at radius 1 is 1.53 bits per heavy atom. The molecule has 1 rings (SSSR count). The fourth-order valence-electron chi connectivity index (χ4n) is 1.21. The lowest BCUT2D eigenvalue weighted by Gasteiger charge is -2.20. The number of aryl methyl sites for hydroxylation is 1. The molecular formula is C11H20N4. The predicted octanol–water partition coefficient (Wildman–Crippen LogP) is 1.33. The highest BCUT2D eigenvalue weighted by molar-refractivity contribution is 5.50. The highest BCUT2D eigenvalue weighted by atomic mass is 15.1. The van der Waals surface area contributed by atoms with Crippen LogP contribution < -0.4 is 11.1 Å². The number of nitrogens with one attached hydrogen (secondary N) is 1. The van der Waals surface area contributed by atoms with E-state index in [-0.39, 0.29) is 0 Å². The van der Waals surface area contributed by atoms with E-state index in [1.54, 1.807) is 6.20 Å². The Bertz CT molecular complexity index is 322. The third kappa shape index (κ3) is 3.40. The van der Waals surface area contributed by atoms with E-state index in [1.807, 2.05) is 13.0 Å². The summed E-state index contributed by atoms with van der Waals surface area (Å²) >= 11 is 0. The molecule has 0 radical (unpaired) electrons. The van der Waals surface area contributed by atoms with Gasteiger partial charge in [0.25, 0.3) is 0 Å². The Kier molecular flexibility index (Phi) is 3.91. The molecule has 0 bridgehead atoms. The standard InChI is InChI=1S/C11H20N4/c1-8-5-10(12)7-14-11(8)13-6-9(2)15(3)4/h5,7,9H,6,12H2,1-4H3,(H,13,14). The van der Waals surface area contributed by atoms with Gasteiger partial charge < -0.3 is 16.0 Å². The van der Waals surface area contributed by atoms with E-state index in [2.05, 4.69) is 36.2 Å². The number of nitrogens with zero attached hydrogens (tertiary/aromatic N) is 2. The van der Waals surface area contributed by atoms with Crippen LogP contribution in [0.2, 0.25) is 0 Å². The van der Waals surface area contributed by atoms with E-state index in [9.17, 15) is 0 Å². The topological polar surface area (TPSA) is 54.2 Å². The van der Waals surface area contributed by atoms with Crippen molar-refractivity contribution in [3.8, 4) is 0 Å². The highest BCUT2D eigenvalue weighted by Gasteiger charge is 2.05. The summed E-state index contributed by atoms with van der Waals surface area (Å²) in [5.74, 6) is 0.915. The van der Waals surface area contributed by atoms with E-state index in [1.165, 1.54) is 0 Å². The first kappa shape index (κ1) is 11.8. The normalized spacial score (nSPS) is 12.9. The maximum Gasteiger partial charge on any atom is 0.129 e. The Balaban J connectivity index is 2.58. The van der Waals surface area contributed by atoms with Crippen LogP contribution in [0.5, 0.6) is 0 Å². The van der Waals surface area contributed by atoms with Crippen molar-refractivity contribution in [2.75, 3.05) is 31.7 Å². The van der Waals surface area contributed by atoms with Crippen molar-refractivity contribution in [2.24, 2.45) is 0 Å². The molecule has 0 spiro atoms. The van der Waals surface area contributed by atoms with Gasteiger partial charge in [-0.2, -0.15) is 0 Å². The lowest BCUT2D eigenvalue weighted by molar-refractivity contribution is 0.326. The highest BCUT2D eigenvalue weighted by Crippen LogP contribution is 2.13. The van der Waals surface area contributed by atoms with Crippen molar-refractivity contribution < 1.29 is 0 Å². The fraction of sp³-hybridized carbons (Fsp3) is 0.545. The van der Waals surface area contributed by atoms with E-state index in [0.717, 1.165) is 17.9 Å². The van der Waals surface area contributed by atoms with Gasteiger partial charge in [-0.25, -0.2) is 4.98 Å². The quantitative estimate of drug-likeness (QED) is 0.784. The molecule has 0 amide bonds. The summed E-state index contributed by atoms with van der Waals surface area (Å²) in [6.07, 6.45) is 1.68. The molecule has 0 aliphatic heterocycles. The second kappa shape index (κ2) is 4.98. The first-order chi connectivity index (χ1) is 7.00. The van der Waals surface area contributed by atoms with Gasteiger partial charge in [-0.05, 0) is 39.6 Å². The number of pyridine rings is 1. The SMILES string of the molecule is Cc1cc(N)cnc1NCC(C)N(C)C. The van der Waals surface area contributed by atoms with Crippen molar-refractivity contribution in [3.63, 3.8) is 0 Å². The third-order valence-corrected chi connectivity index (χ3v) is 2.55. The van der Waals surface area contributed by atoms with Gasteiger partial charge in [0.05, 0.1) is 11.9 Å². The Morgan fingerprint density at radius 2 is 2.20 bits per heavy atom. The van der Waals surface area contributed by atoms with Crippen LogP contribution in [0.15, 0.2) is 12.3 Å². The van der Waals surface area contributed by atoms with Gasteiger partial charge in [-0.1, -0.05) is 0 Å². The molecule has 1 aromatic heterocycles. The summed E-state index contributed by atoms with van der Waals surface area (Å²) < 4.78 is 0. The molecule has 15 heavy (non-hydrogen) atoms. The summed E-state index contributed by atoms with van der Waals surface area (Å²) in [5, 5.41) is 3.31. The van der Waals surface area contributed by atoms with Gasteiger partial charge in [0.15, 0.2) is 0 Å². The fourth-order valence-corrected chi connectivity index (χ4v) is 1.21. The van der Waals surface area contributed by atoms with Gasteiger partial charge in [-0.15, -0.1) is 0 Å². The molecule has 4 nitrogen and oxygen atoms in total. The zero-order valence-corrected chi connectivity index (χ0v) is 9.91. The first-order valence-electron chi connectivity index (χ1n) is 5.13. The second-order valence-electron chi connectivity index (χ2n) is 4.13. The maximum absolute atomic E-state index is 5.63. The van der Waals surface area contributed by atoms with Gasteiger partial charge in [-0.3, -0.25) is 0 Å². The van der Waals surface area contributed by atoms with Crippen molar-refractivity contribution in [2.45, 2.75) is 19.9 Å². The number of likely N-dealkylation sites (N-methyl/N-ethyl adjacent to an activating group) is 1. The Morgan fingerprint density at radius 3 is 2.73 bits per heavy atom. The lowest BCUT2D eigenvalue weighted by atomic mass is 10.2. The number of anilines is 2. The van der Waals surface area contributed by atoms with Crippen molar-refractivity contribution in [1.82, 2.24) is 9.88 Å². The van der Waals surface area contributed by atoms with Crippen LogP contribution in [-0.2, 0) is 0 Å². The number of rotatable bonds is 4. The average Bonchev–Trinajstić information content (AvgIpc) is 2.15. The lowest BCUT2D eigenvalue weighted by Crippen LogP contribution is -2.31. The number of nitrogens with two attached hydrogens (primary N) is 1. The van der Waals surface area contributed by atoms with E-state index < -0.39 is 0 Å². The first-order valence-corrected chi connectivity index (χ1v) is 5.13. The summed E-state index contributed by atoms with van der Waals surface area (Å²) in [4.78, 5) is 6.42. The van der Waals surface area contributed by atoms with Crippen LogP contribution in [0.3, 0.4) is 0 Å². The van der Waals surface area contributed by atoms with Crippen LogP contribution in [0.25, 0.3) is 0 Å². The van der Waals surface area contributed by atoms with Crippen LogP contribution in [0.1, 0.15) is 12.5 Å². The van der Waals surface area contributed by atoms with Crippen LogP contribution in [0.4, 0.5) is 11.5 Å². The molecule has 0 aliphatic rings. The Hall–Kier alpha value is -1.29. The average molecular weight is 208 g/mol. The van der Waals surface area contributed by atoms with E-state index >= 15 is 0 Å². The summed E-state index contributed by atoms with van der Waals surface area (Å²) in [6.45, 7) is 5.05. The molecule has 4 heteroatoms. The molecule has 1 heterocycles. The molecule has 3 N–H and O–H groups in total. The van der Waals surface area contributed by atoms with Gasteiger partial charge >= 0.3 is 0 Å². The zero-order chi connectivity index (χ0) is 11.4. The molecule has 84 valence electrons. The number of hydrogen-bond donors (Lipinski definition) is 2. The minimum absolute atomic E-state index is 0.476. The summed E-state index contributed by atoms with van der Waals surface area (Å²) in [6, 6.07) is 2.40. The second-order valence-corrected chi connectivity index (χ2v) is 4.13. The van der Waals surface area contributed by atoms with Crippen molar-refractivity contribution in [1.29, 1.82) is 0 Å². The largest absolute Gasteiger partial charge is 0.397 e. The zero-order valence-electron chi connectivity index (χ0n) is 9.91. The minimum Gasteiger partial charge on any atom is -0.397 e. The maximum atomic E-state index is 5.63. The van der Waals surface area contributed by atoms with Crippen molar-refractivity contribution in [3.05, 3.63) is 17.8 Å². The molecule has 1 atom stereocenters. The van der Waals surface area contributed by atoms with E-state index in [4.69, 9.17) is 5.73 Å². The van der Waals surface area contributed by atoms with Crippen molar-refractivity contribution >= 4 is 11.5 Å². The molecule has 1 aromatic rings. The monoisotopic (exact) mass is 208 g/mol. The smallest absolute Gasteiger partial charge is 0.129 e. The summed E-state index contributed by atoms with van der Waals surface area (Å²) in [7, 11) is 4.13. The number of hydrogen-bond acceptors (Lipinski definition) is 4. The minimum atomic E-state index is 0.476. The molecule has 0 fully saturated rings. The van der Waals surface area contributed by atoms with Gasteiger partial charge in [0.1, 0.15) is 5.82 Å². The molecule has 0 aliphatic carbocycles. The molecule has 0 saturated heterocycles. The predicted molar refractivity (Wildman–Crippen MR) is 65.0 cm³/mol. The number of aromatic nitrogens is 1. The molecule has 0 saturated carbocycles. The third-order valence-electron chi connectivity index (χ3n) is 2.55. The van der Waals surface area contributed by atoms with Gasteiger partial charge in [0, 0.05) is 12.6 Å². The van der Waals surface area contributed by atoms with Crippen LogP contribution in [0, 0.1) is 6.92 Å². The van der Waals surface area contributed by atoms with Crippen LogP contribution in [-0.4, -0.2) is 36.6 Å². The van der Waals surface area contributed by atoms with Crippen LogP contribution >= 0.6 is 0 Å². The Labute approximate surface area is 91.5 Å². The molecule has 0 aromatic carbocycles. The number of nitrogen functional groups attached to an aromatic ring is 1. The van der Waals surface area contributed by atoms with Gasteiger partial charge in [0.2, 0.25) is 0 Å². The summed E-state index contributed by atoms with van der Waals surface area (Å²) in [5.41, 5.74) is 7.42. The molecule has 1 unspecified atom stereocenters.